The van der Waals surface area contributed by atoms with Crippen molar-refractivity contribution in [3.05, 3.63) is 29.8 Å². The van der Waals surface area contributed by atoms with Gasteiger partial charge in [0, 0.05) is 6.04 Å². The first-order valence-corrected chi connectivity index (χ1v) is 8.30. The summed E-state index contributed by atoms with van der Waals surface area (Å²) in [6, 6.07) is 7.59. The Balaban J connectivity index is 0.00000529. The molecule has 0 radical (unpaired) electrons. The van der Waals surface area contributed by atoms with Gasteiger partial charge in [-0.1, -0.05) is 38.8 Å². The third-order valence-corrected chi connectivity index (χ3v) is 3.75. The van der Waals surface area contributed by atoms with Crippen LogP contribution < -0.4 is 15.8 Å². The summed E-state index contributed by atoms with van der Waals surface area (Å²) >= 11 is 0. The Bertz CT molecular complexity index is 478. The lowest BCUT2D eigenvalue weighted by atomic mass is 10.0. The zero-order valence-electron chi connectivity index (χ0n) is 15.2. The molecule has 4 N–H and O–H groups in total. The molecular formula is C18H32IN3O2. The molecule has 1 aromatic carbocycles. The summed E-state index contributed by atoms with van der Waals surface area (Å²) in [7, 11) is 1.62. The number of nitrogens with zero attached hydrogens (tertiary/aromatic N) is 1. The van der Waals surface area contributed by atoms with Crippen molar-refractivity contribution in [1.29, 1.82) is 0 Å². The monoisotopic (exact) mass is 449 g/mol. The van der Waals surface area contributed by atoms with Gasteiger partial charge < -0.3 is 20.9 Å². The quantitative estimate of drug-likeness (QED) is 0.307. The molecule has 0 heterocycles. The summed E-state index contributed by atoms with van der Waals surface area (Å²) in [5.41, 5.74) is 6.68. The first-order chi connectivity index (χ1) is 10.9. The largest absolute Gasteiger partial charge is 0.497 e. The van der Waals surface area contributed by atoms with Crippen molar-refractivity contribution in [2.24, 2.45) is 16.6 Å². The summed E-state index contributed by atoms with van der Waals surface area (Å²) in [4.78, 5) is 4.23. The number of nitrogens with one attached hydrogen (secondary N) is 1. The maximum atomic E-state index is 10.1. The van der Waals surface area contributed by atoms with Crippen molar-refractivity contribution in [2.75, 3.05) is 13.7 Å². The number of hydrogen-bond acceptors (Lipinski definition) is 3. The highest BCUT2D eigenvalue weighted by atomic mass is 127. The number of aliphatic hydroxyl groups excluding tert-OH is 1. The molecule has 138 valence electrons. The van der Waals surface area contributed by atoms with E-state index in [9.17, 15) is 5.11 Å². The third-order valence-electron chi connectivity index (χ3n) is 3.75. The maximum Gasteiger partial charge on any atom is 0.188 e. The van der Waals surface area contributed by atoms with E-state index in [1.165, 1.54) is 12.8 Å². The van der Waals surface area contributed by atoms with E-state index in [0.29, 0.717) is 5.96 Å². The topological polar surface area (TPSA) is 79.9 Å². The Kier molecular flexibility index (Phi) is 11.8. The van der Waals surface area contributed by atoms with Gasteiger partial charge in [0.15, 0.2) is 5.96 Å². The molecule has 0 spiro atoms. The number of guanidine groups is 1. The Labute approximate surface area is 163 Å². The Morgan fingerprint density at radius 2 is 1.83 bits per heavy atom. The maximum absolute atomic E-state index is 10.1. The highest BCUT2D eigenvalue weighted by molar-refractivity contribution is 14.0. The molecule has 0 aliphatic rings. The van der Waals surface area contributed by atoms with Crippen LogP contribution in [0.25, 0.3) is 0 Å². The normalized spacial score (nSPS) is 14.0. The lowest BCUT2D eigenvalue weighted by molar-refractivity contribution is 0.187. The lowest BCUT2D eigenvalue weighted by Crippen LogP contribution is -2.38. The van der Waals surface area contributed by atoms with Gasteiger partial charge in [-0.15, -0.1) is 24.0 Å². The SMILES string of the molecule is COc1ccc(C(O)CN=C(N)NC(C)CCCC(C)C)cc1.I. The van der Waals surface area contributed by atoms with Gasteiger partial charge in [-0.2, -0.15) is 0 Å². The van der Waals surface area contributed by atoms with Crippen LogP contribution >= 0.6 is 24.0 Å². The summed E-state index contributed by atoms with van der Waals surface area (Å²) in [5.74, 6) is 1.88. The Hall–Kier alpha value is -1.02. The van der Waals surface area contributed by atoms with Gasteiger partial charge in [0.1, 0.15) is 5.75 Å². The molecule has 6 heteroatoms. The number of rotatable bonds is 9. The molecule has 0 aliphatic heterocycles. The fourth-order valence-electron chi connectivity index (χ4n) is 2.32. The predicted molar refractivity (Wildman–Crippen MR) is 111 cm³/mol. The van der Waals surface area contributed by atoms with Crippen molar-refractivity contribution in [3.63, 3.8) is 0 Å². The van der Waals surface area contributed by atoms with E-state index in [2.05, 4.69) is 31.1 Å². The second-order valence-corrected chi connectivity index (χ2v) is 6.39. The highest BCUT2D eigenvalue weighted by Gasteiger charge is 2.08. The molecule has 2 unspecified atom stereocenters. The fraction of sp³-hybridized carbons (Fsp3) is 0.611. The van der Waals surface area contributed by atoms with Crippen molar-refractivity contribution in [3.8, 4) is 5.75 Å². The van der Waals surface area contributed by atoms with Gasteiger partial charge in [0.05, 0.1) is 19.8 Å². The number of ether oxygens (including phenoxy) is 1. The average Bonchev–Trinajstić information content (AvgIpc) is 2.52. The summed E-state index contributed by atoms with van der Waals surface area (Å²) in [6.45, 7) is 6.80. The molecular weight excluding hydrogens is 417 g/mol. The number of hydrogen-bond donors (Lipinski definition) is 3. The summed E-state index contributed by atoms with van der Waals surface area (Å²) in [6.07, 6.45) is 2.79. The summed E-state index contributed by atoms with van der Waals surface area (Å²) < 4.78 is 5.10. The molecule has 0 saturated heterocycles. The highest BCUT2D eigenvalue weighted by Crippen LogP contribution is 2.17. The predicted octanol–water partition coefficient (Wildman–Crippen LogP) is 3.47. The van der Waals surface area contributed by atoms with E-state index < -0.39 is 6.10 Å². The van der Waals surface area contributed by atoms with E-state index in [1.54, 1.807) is 7.11 Å². The van der Waals surface area contributed by atoms with Crippen LogP contribution in [-0.4, -0.2) is 30.8 Å². The zero-order valence-corrected chi connectivity index (χ0v) is 17.5. The van der Waals surface area contributed by atoms with Crippen LogP contribution in [0.15, 0.2) is 29.3 Å². The smallest absolute Gasteiger partial charge is 0.188 e. The molecule has 5 nitrogen and oxygen atoms in total. The minimum Gasteiger partial charge on any atom is -0.497 e. The van der Waals surface area contributed by atoms with Gasteiger partial charge in [-0.25, -0.2) is 0 Å². The number of nitrogens with two attached hydrogens (primary N) is 1. The lowest BCUT2D eigenvalue weighted by Gasteiger charge is -2.16. The van der Waals surface area contributed by atoms with Crippen LogP contribution in [0.3, 0.4) is 0 Å². The van der Waals surface area contributed by atoms with E-state index in [-0.39, 0.29) is 36.6 Å². The summed E-state index contributed by atoms with van der Waals surface area (Å²) in [5, 5.41) is 13.3. The molecule has 0 fully saturated rings. The zero-order chi connectivity index (χ0) is 17.2. The van der Waals surface area contributed by atoms with Crippen LogP contribution in [0.5, 0.6) is 5.75 Å². The minimum atomic E-state index is -0.669. The number of aliphatic hydroxyl groups is 1. The van der Waals surface area contributed by atoms with E-state index >= 15 is 0 Å². The standard InChI is InChI=1S/C18H31N3O2.HI/c1-13(2)6-5-7-14(3)21-18(19)20-12-17(22)15-8-10-16(23-4)11-9-15;/h8-11,13-14,17,22H,5-7,12H2,1-4H3,(H3,19,20,21);1H. The van der Waals surface area contributed by atoms with Gasteiger partial charge >= 0.3 is 0 Å². The molecule has 0 bridgehead atoms. The van der Waals surface area contributed by atoms with Gasteiger partial charge in [-0.3, -0.25) is 4.99 Å². The number of methoxy groups -OCH3 is 1. The first-order valence-electron chi connectivity index (χ1n) is 8.30. The van der Waals surface area contributed by atoms with E-state index in [4.69, 9.17) is 10.5 Å². The molecule has 24 heavy (non-hydrogen) atoms. The molecule has 0 aromatic heterocycles. The fourth-order valence-corrected chi connectivity index (χ4v) is 2.32. The van der Waals surface area contributed by atoms with Gasteiger partial charge in [0.2, 0.25) is 0 Å². The number of benzene rings is 1. The van der Waals surface area contributed by atoms with E-state index in [0.717, 1.165) is 23.7 Å². The molecule has 1 rings (SSSR count). The van der Waals surface area contributed by atoms with Crippen molar-refractivity contribution in [2.45, 2.75) is 52.2 Å². The van der Waals surface area contributed by atoms with Crippen molar-refractivity contribution >= 4 is 29.9 Å². The molecule has 2 atom stereocenters. The third kappa shape index (κ3) is 9.32. The van der Waals surface area contributed by atoms with Crippen LogP contribution in [0.2, 0.25) is 0 Å². The minimum absolute atomic E-state index is 0. The molecule has 1 aromatic rings. The molecule has 0 saturated carbocycles. The Morgan fingerprint density at radius 3 is 2.38 bits per heavy atom. The second-order valence-electron chi connectivity index (χ2n) is 6.39. The van der Waals surface area contributed by atoms with Crippen molar-refractivity contribution < 1.29 is 9.84 Å². The molecule has 0 aliphatic carbocycles. The van der Waals surface area contributed by atoms with Crippen LogP contribution in [0, 0.1) is 5.92 Å². The number of halogens is 1. The van der Waals surface area contributed by atoms with Gasteiger partial charge in [0.25, 0.3) is 0 Å². The Morgan fingerprint density at radius 1 is 1.21 bits per heavy atom. The van der Waals surface area contributed by atoms with Gasteiger partial charge in [-0.05, 0) is 37.0 Å². The van der Waals surface area contributed by atoms with Crippen molar-refractivity contribution in [1.82, 2.24) is 5.32 Å². The average molecular weight is 449 g/mol. The number of aliphatic imine (C=N–C) groups is 1. The van der Waals surface area contributed by atoms with Crippen LogP contribution in [-0.2, 0) is 0 Å². The van der Waals surface area contributed by atoms with Crippen LogP contribution in [0.4, 0.5) is 0 Å². The molecule has 0 amide bonds. The van der Waals surface area contributed by atoms with Crippen LogP contribution in [0.1, 0.15) is 51.7 Å². The second kappa shape index (κ2) is 12.4. The first kappa shape index (κ1) is 23.0. The van der Waals surface area contributed by atoms with E-state index in [1.807, 2.05) is 24.3 Å².